The Balaban J connectivity index is 1.65. The van der Waals surface area contributed by atoms with Gasteiger partial charge in [0.05, 0.1) is 6.54 Å². The first kappa shape index (κ1) is 20.7. The van der Waals surface area contributed by atoms with Crippen molar-refractivity contribution in [1.82, 2.24) is 9.47 Å². The molecule has 3 nitrogen and oxygen atoms in total. The molecule has 0 saturated heterocycles. The minimum Gasteiger partial charge on any atom is -0.383 e. The molecule has 2 heterocycles. The minimum atomic E-state index is -0.998. The summed E-state index contributed by atoms with van der Waals surface area (Å²) in [5.41, 5.74) is 5.08. The zero-order valence-corrected chi connectivity index (χ0v) is 18.7. The van der Waals surface area contributed by atoms with E-state index in [2.05, 4.69) is 41.6 Å². The van der Waals surface area contributed by atoms with Gasteiger partial charge >= 0.3 is 0 Å². The lowest BCUT2D eigenvalue weighted by molar-refractivity contribution is -0.0530. The van der Waals surface area contributed by atoms with Gasteiger partial charge in [-0.2, -0.15) is 0 Å². The van der Waals surface area contributed by atoms with Crippen molar-refractivity contribution >= 4 is 10.9 Å². The molecule has 0 amide bonds. The number of halogens is 1. The molecule has 1 atom stereocenters. The zero-order chi connectivity index (χ0) is 21.6. The molecule has 1 fully saturated rings. The predicted octanol–water partition coefficient (Wildman–Crippen LogP) is 5.54. The van der Waals surface area contributed by atoms with E-state index in [1.165, 1.54) is 46.3 Å². The first-order valence-corrected chi connectivity index (χ1v) is 11.7. The lowest BCUT2D eigenvalue weighted by Gasteiger charge is -2.40. The smallest absolute Gasteiger partial charge is 0.123 e. The van der Waals surface area contributed by atoms with Crippen LogP contribution in [0, 0.1) is 18.7 Å². The van der Waals surface area contributed by atoms with Crippen LogP contribution in [-0.4, -0.2) is 28.2 Å². The standard InChI is InChI=1S/C27H33FN2O/c1-19-8-13-25-23(16-19)24-17-29(2)15-14-26(24)30(25)18-27(31,20-6-4-3-5-7-20)21-9-11-22(28)12-10-21/h8-13,16,20,31H,3-7,14-15,17-18H2,1-2H3. The maximum Gasteiger partial charge on any atom is 0.123 e. The summed E-state index contributed by atoms with van der Waals surface area (Å²) in [6.45, 7) is 4.65. The third kappa shape index (κ3) is 3.70. The lowest BCUT2D eigenvalue weighted by atomic mass is 9.73. The first-order valence-electron chi connectivity index (χ1n) is 11.7. The van der Waals surface area contributed by atoms with E-state index in [0.717, 1.165) is 50.8 Å². The highest BCUT2D eigenvalue weighted by Gasteiger charge is 2.40. The predicted molar refractivity (Wildman–Crippen MR) is 124 cm³/mol. The molecule has 5 rings (SSSR count). The van der Waals surface area contributed by atoms with Gasteiger partial charge in [0, 0.05) is 36.1 Å². The van der Waals surface area contributed by atoms with Crippen LogP contribution in [0.2, 0.25) is 0 Å². The number of aliphatic hydroxyl groups is 1. The van der Waals surface area contributed by atoms with Crippen molar-refractivity contribution in [2.75, 3.05) is 13.6 Å². The van der Waals surface area contributed by atoms with Crippen LogP contribution >= 0.6 is 0 Å². The van der Waals surface area contributed by atoms with Crippen molar-refractivity contribution in [3.8, 4) is 0 Å². The summed E-state index contributed by atoms with van der Waals surface area (Å²) in [6, 6.07) is 13.2. The molecular formula is C27H33FN2O. The number of likely N-dealkylation sites (N-methyl/N-ethyl adjacent to an activating group) is 1. The van der Waals surface area contributed by atoms with Gasteiger partial charge in [-0.25, -0.2) is 4.39 Å². The molecule has 1 aliphatic heterocycles. The molecule has 164 valence electrons. The molecule has 2 aliphatic rings. The van der Waals surface area contributed by atoms with E-state index in [0.29, 0.717) is 6.54 Å². The highest BCUT2D eigenvalue weighted by molar-refractivity contribution is 5.86. The Morgan fingerprint density at radius 2 is 1.81 bits per heavy atom. The number of nitrogens with zero attached hydrogens (tertiary/aromatic N) is 2. The summed E-state index contributed by atoms with van der Waals surface area (Å²) in [7, 11) is 2.18. The summed E-state index contributed by atoms with van der Waals surface area (Å²) >= 11 is 0. The van der Waals surface area contributed by atoms with Gasteiger partial charge in [-0.05, 0) is 68.1 Å². The third-order valence-electron chi connectivity index (χ3n) is 7.62. The van der Waals surface area contributed by atoms with E-state index in [4.69, 9.17) is 0 Å². The van der Waals surface area contributed by atoms with Gasteiger partial charge in [0.15, 0.2) is 0 Å². The van der Waals surface area contributed by atoms with Crippen molar-refractivity contribution in [3.05, 3.63) is 70.7 Å². The second-order valence-electron chi connectivity index (χ2n) is 9.79. The minimum absolute atomic E-state index is 0.191. The fourth-order valence-electron chi connectivity index (χ4n) is 5.90. The zero-order valence-electron chi connectivity index (χ0n) is 18.7. The van der Waals surface area contributed by atoms with Crippen molar-refractivity contribution in [3.63, 3.8) is 0 Å². The fraction of sp³-hybridized carbons (Fsp3) is 0.481. The summed E-state index contributed by atoms with van der Waals surface area (Å²) in [6.07, 6.45) is 6.59. The van der Waals surface area contributed by atoms with Crippen LogP contribution in [0.25, 0.3) is 10.9 Å². The molecule has 31 heavy (non-hydrogen) atoms. The second-order valence-corrected chi connectivity index (χ2v) is 9.79. The highest BCUT2D eigenvalue weighted by Crippen LogP contribution is 2.42. The van der Waals surface area contributed by atoms with E-state index in [9.17, 15) is 9.50 Å². The Labute approximate surface area is 184 Å². The number of hydrogen-bond donors (Lipinski definition) is 1. The maximum absolute atomic E-state index is 13.7. The molecule has 1 N–H and O–H groups in total. The average molecular weight is 421 g/mol. The molecule has 0 radical (unpaired) electrons. The van der Waals surface area contributed by atoms with Crippen LogP contribution in [-0.2, 0) is 25.1 Å². The summed E-state index contributed by atoms with van der Waals surface area (Å²) in [5, 5.41) is 13.6. The van der Waals surface area contributed by atoms with E-state index in [-0.39, 0.29) is 11.7 Å². The van der Waals surface area contributed by atoms with Crippen LogP contribution < -0.4 is 0 Å². The quantitative estimate of drug-likeness (QED) is 0.600. The van der Waals surface area contributed by atoms with Gasteiger partial charge in [0.25, 0.3) is 0 Å². The van der Waals surface area contributed by atoms with Crippen molar-refractivity contribution in [1.29, 1.82) is 0 Å². The molecule has 2 aromatic carbocycles. The van der Waals surface area contributed by atoms with Crippen molar-refractivity contribution in [2.24, 2.45) is 5.92 Å². The fourth-order valence-corrected chi connectivity index (χ4v) is 5.90. The van der Waals surface area contributed by atoms with Crippen LogP contribution in [0.15, 0.2) is 42.5 Å². The van der Waals surface area contributed by atoms with Crippen molar-refractivity contribution in [2.45, 2.75) is 64.1 Å². The van der Waals surface area contributed by atoms with Gasteiger partial charge in [-0.3, -0.25) is 0 Å². The molecule has 1 saturated carbocycles. The Bertz CT molecular complexity index is 1080. The van der Waals surface area contributed by atoms with Crippen LogP contribution in [0.5, 0.6) is 0 Å². The Hall–Kier alpha value is -2.17. The monoisotopic (exact) mass is 420 g/mol. The lowest BCUT2D eigenvalue weighted by Crippen LogP contribution is -2.41. The molecule has 1 unspecified atom stereocenters. The maximum atomic E-state index is 13.7. The third-order valence-corrected chi connectivity index (χ3v) is 7.62. The Morgan fingerprint density at radius 3 is 2.55 bits per heavy atom. The first-order chi connectivity index (χ1) is 15.0. The summed E-state index contributed by atoms with van der Waals surface area (Å²) in [4.78, 5) is 2.38. The molecular weight excluding hydrogens is 387 g/mol. The number of aryl methyl sites for hydroxylation is 1. The van der Waals surface area contributed by atoms with Gasteiger partial charge in [0.2, 0.25) is 0 Å². The Morgan fingerprint density at radius 1 is 1.06 bits per heavy atom. The molecule has 0 spiro atoms. The van der Waals surface area contributed by atoms with Crippen molar-refractivity contribution < 1.29 is 9.50 Å². The molecule has 4 heteroatoms. The molecule has 1 aliphatic carbocycles. The number of fused-ring (bicyclic) bond motifs is 3. The van der Waals surface area contributed by atoms with Gasteiger partial charge in [0.1, 0.15) is 11.4 Å². The van der Waals surface area contributed by atoms with E-state index < -0.39 is 5.60 Å². The van der Waals surface area contributed by atoms with E-state index in [1.54, 1.807) is 12.1 Å². The highest BCUT2D eigenvalue weighted by atomic mass is 19.1. The second kappa shape index (κ2) is 8.07. The summed E-state index contributed by atoms with van der Waals surface area (Å²) < 4.78 is 16.1. The number of benzene rings is 2. The van der Waals surface area contributed by atoms with Crippen LogP contribution in [0.1, 0.15) is 54.5 Å². The normalized spacial score (nSPS) is 20.0. The van der Waals surface area contributed by atoms with E-state index in [1.807, 2.05) is 0 Å². The Kier molecular flexibility index (Phi) is 5.39. The number of aromatic nitrogens is 1. The van der Waals surface area contributed by atoms with Gasteiger partial charge < -0.3 is 14.6 Å². The van der Waals surface area contributed by atoms with Gasteiger partial charge in [-0.15, -0.1) is 0 Å². The number of rotatable bonds is 4. The molecule has 1 aromatic heterocycles. The molecule has 3 aromatic rings. The van der Waals surface area contributed by atoms with Crippen LogP contribution in [0.3, 0.4) is 0 Å². The topological polar surface area (TPSA) is 28.4 Å². The summed E-state index contributed by atoms with van der Waals surface area (Å²) in [5.74, 6) is -0.0615. The van der Waals surface area contributed by atoms with E-state index >= 15 is 0 Å². The van der Waals surface area contributed by atoms with Gasteiger partial charge in [-0.1, -0.05) is 43.0 Å². The van der Waals surface area contributed by atoms with Crippen LogP contribution in [0.4, 0.5) is 4.39 Å². The largest absolute Gasteiger partial charge is 0.383 e. The number of hydrogen-bond acceptors (Lipinski definition) is 2. The molecule has 0 bridgehead atoms. The SMILES string of the molecule is Cc1ccc2c(c1)c1c(n2CC(O)(c2ccc(F)cc2)C2CCCCC2)CCN(C)C1. The average Bonchev–Trinajstić information content (AvgIpc) is 3.06.